The van der Waals surface area contributed by atoms with Gasteiger partial charge in [0.15, 0.2) is 0 Å². The van der Waals surface area contributed by atoms with Crippen LogP contribution in [0, 0.1) is 0 Å². The van der Waals surface area contributed by atoms with E-state index in [-0.39, 0.29) is 11.4 Å². The average Bonchev–Trinajstić information content (AvgIpc) is 4.38. The van der Waals surface area contributed by atoms with Crippen molar-refractivity contribution in [1.82, 2.24) is 0 Å². The summed E-state index contributed by atoms with van der Waals surface area (Å²) in [7, 11) is 0.100. The molecule has 0 saturated carbocycles. The van der Waals surface area contributed by atoms with E-state index in [9.17, 15) is 0 Å². The van der Waals surface area contributed by atoms with Gasteiger partial charge in [0.2, 0.25) is 0 Å². The molecule has 0 aliphatic heterocycles. The Morgan fingerprint density at radius 3 is 0.757 bits per heavy atom. The second kappa shape index (κ2) is 6.12. The van der Waals surface area contributed by atoms with E-state index in [0.29, 0.717) is 0 Å². The third-order valence-electron chi connectivity index (χ3n) is 25.1. The smallest absolute Gasteiger partial charge is 0.325 e. The van der Waals surface area contributed by atoms with E-state index in [2.05, 4.69) is 19.6 Å². The van der Waals surface area contributed by atoms with E-state index in [1.165, 1.54) is 71.2 Å². The van der Waals surface area contributed by atoms with Crippen LogP contribution < -0.4 is 0 Å². The number of methoxy groups -OCH3 is 1. The van der Waals surface area contributed by atoms with E-state index in [1.807, 2.05) is 0 Å². The molecule has 0 bridgehead atoms. The molecule has 2 unspecified atom stereocenters. The lowest BCUT2D eigenvalue weighted by atomic mass is 9.53. The molecule has 32 rings (SSSR count). The molecule has 0 amide bonds. The first kappa shape index (κ1) is 27.4. The predicted molar refractivity (Wildman–Crippen MR) is 297 cm³/mol. The molecular formula is C67H16O2Si. The molecule has 2 nitrogen and oxygen atoms in total. The Bertz CT molecular complexity index is 7270. The largest absolute Gasteiger partial charge is 0.468 e. The van der Waals surface area contributed by atoms with Crippen molar-refractivity contribution in [3.8, 4) is 0 Å². The van der Waals surface area contributed by atoms with Crippen LogP contribution in [0.4, 0.5) is 0 Å². The summed E-state index contributed by atoms with van der Waals surface area (Å²) in [4.78, 5) is 16.8. The van der Waals surface area contributed by atoms with Crippen LogP contribution >= 0.6 is 0 Å². The summed E-state index contributed by atoms with van der Waals surface area (Å²) in [5, 5.41) is 81.8. The number of hydrogen-bond donors (Lipinski definition) is 0. The zero-order valence-electron chi connectivity index (χ0n) is 37.2. The van der Waals surface area contributed by atoms with Gasteiger partial charge in [0.1, 0.15) is 5.41 Å². The Hall–Kier alpha value is -7.85. The van der Waals surface area contributed by atoms with Crippen molar-refractivity contribution in [2.24, 2.45) is 0 Å². The van der Waals surface area contributed by atoms with Crippen LogP contribution in [0.5, 0.6) is 0 Å². The van der Waals surface area contributed by atoms with E-state index in [0.717, 1.165) is 6.42 Å². The highest BCUT2D eigenvalue weighted by molar-refractivity contribution is 6.82. The quantitative estimate of drug-likeness (QED) is 0.100. The van der Waals surface area contributed by atoms with Crippen LogP contribution in [0.3, 0.4) is 0 Å². The topological polar surface area (TPSA) is 26.3 Å². The minimum atomic E-state index is -1.64. The number of rotatable bonds is 4. The minimum Gasteiger partial charge on any atom is -0.468 e. The molecule has 0 heterocycles. The third-order valence-corrected chi connectivity index (χ3v) is 26.9. The molecule has 3 heteroatoms. The van der Waals surface area contributed by atoms with E-state index >= 15 is 4.79 Å². The van der Waals surface area contributed by atoms with Gasteiger partial charge < -0.3 is 4.74 Å². The van der Waals surface area contributed by atoms with Gasteiger partial charge in [-0.05, 0) is 320 Å². The molecule has 0 spiro atoms. The Kier molecular flexibility index (Phi) is 2.39. The summed E-state index contributed by atoms with van der Waals surface area (Å²) in [6.45, 7) is 7.88. The zero-order chi connectivity index (χ0) is 42.7. The number of carbonyl (C=O) groups excluding carboxylic acids is 1. The Morgan fingerprint density at radius 2 is 0.471 bits per heavy atom. The maximum absolute atomic E-state index is 16.8. The molecule has 70 heavy (non-hydrogen) atoms. The van der Waals surface area contributed by atoms with Crippen LogP contribution in [0.25, 0.3) is 280 Å². The first-order valence-corrected chi connectivity index (χ1v) is 30.0. The lowest BCUT2D eigenvalue weighted by molar-refractivity contribution is -0.144. The van der Waals surface area contributed by atoms with Gasteiger partial charge in [-0.15, -0.1) is 0 Å². The average molecular weight is 881 g/mol. The summed E-state index contributed by atoms with van der Waals surface area (Å²) >= 11 is 0. The monoisotopic (exact) mass is 880 g/mol. The summed E-state index contributed by atoms with van der Waals surface area (Å²) < 4.78 is 6.64. The molecular weight excluding hydrogens is 865 g/mol. The lowest BCUT2D eigenvalue weighted by Crippen LogP contribution is -2.48. The highest BCUT2D eigenvalue weighted by atomic mass is 28.3. The van der Waals surface area contributed by atoms with Crippen LogP contribution in [0.2, 0.25) is 25.7 Å². The SMILES string of the molecule is COC(=O)C12c3c4c5c6c7c8c9c%10c(c1c1c%11c2c2c%12c3c5c3c5c6c6c7c7c9c9c%13c%10c1c1c%10c%11c%11c2c2c%12c3c3c5c5c6c6c7c9c7c(c%131)c1c%10c%11c9c2c3c2c9c1c7c6c52)C48CC[Si](C)(C)C. The molecule has 0 aromatic heterocycles. The first-order chi connectivity index (χ1) is 34.4. The normalized spacial score (nSPS) is 22.0. The van der Waals surface area contributed by atoms with Gasteiger partial charge in [-0.2, -0.15) is 0 Å². The third kappa shape index (κ3) is 1.46. The molecule has 300 valence electrons. The van der Waals surface area contributed by atoms with Crippen molar-refractivity contribution in [2.45, 2.75) is 42.9 Å². The Morgan fingerprint density at radius 1 is 0.286 bits per heavy atom. The fraction of sp³-hybridized carbons (Fsp3) is 0.119. The van der Waals surface area contributed by atoms with Crippen molar-refractivity contribution < 1.29 is 9.53 Å². The molecule has 5 aliphatic carbocycles. The molecule has 0 N–H and O–H groups in total. The van der Waals surface area contributed by atoms with Gasteiger partial charge in [-0.25, -0.2) is 0 Å². The lowest BCUT2D eigenvalue weighted by Gasteiger charge is -2.48. The summed E-state index contributed by atoms with van der Waals surface area (Å²) in [5.41, 5.74) is 7.49. The standard InChI is InChI=1S/C67H16O2Si/c1-69-65(68)67-60-52-43-36-23-16-10-9-11-7-8-12(10)21(23)27-25-14(8)17-13(7)24-26-20(11)22-15(9)18-19(16)30-37-29(18)38-35(22)42-40(26)44-31(24)33-28(17)34-32(25)45(41(27)43)56(60)58-47(34)46(33)57-55(44)59-51(42)48(38)53-50(37)54(49(52)39(30)36)63(67)61(53)66(59,62(57)64(58)67)5-6-70(2,3)4/h5-6H2,1-4H3. The number of carbonyl (C=O) groups is 1. The van der Waals surface area contributed by atoms with Crippen LogP contribution in [-0.4, -0.2) is 21.2 Å². The van der Waals surface area contributed by atoms with E-state index < -0.39 is 13.5 Å². The number of esters is 1. The number of hydrogen-bond acceptors (Lipinski definition) is 2. The highest BCUT2D eigenvalue weighted by Crippen LogP contribution is 2.84. The first-order valence-electron chi connectivity index (χ1n) is 26.3. The molecule has 27 aromatic carbocycles. The minimum absolute atomic E-state index is 0.0303. The summed E-state index contributed by atoms with van der Waals surface area (Å²) in [6.07, 6.45) is 1.11. The summed E-state index contributed by atoms with van der Waals surface area (Å²) in [6, 6.07) is 1.24. The molecule has 5 aliphatic rings. The second-order valence-corrected chi connectivity index (χ2v) is 32.6. The number of benzene rings is 17. The van der Waals surface area contributed by atoms with Crippen molar-refractivity contribution in [3.63, 3.8) is 0 Å². The van der Waals surface area contributed by atoms with Gasteiger partial charge in [0.05, 0.1) is 7.11 Å². The molecule has 0 saturated heterocycles. The van der Waals surface area contributed by atoms with Gasteiger partial charge in [-0.1, -0.05) is 25.7 Å². The maximum Gasteiger partial charge on any atom is 0.325 e. The van der Waals surface area contributed by atoms with E-state index in [4.69, 9.17) is 4.74 Å². The van der Waals surface area contributed by atoms with Crippen LogP contribution in [0.15, 0.2) is 0 Å². The van der Waals surface area contributed by atoms with Crippen LogP contribution in [0.1, 0.15) is 39.8 Å². The molecule has 27 aromatic rings. The van der Waals surface area contributed by atoms with Gasteiger partial charge in [-0.3, -0.25) is 4.79 Å². The Balaban J connectivity index is 1.21. The Labute approximate surface area is 385 Å². The number of ether oxygens (including phenoxy) is 1. The molecule has 0 radical (unpaired) electrons. The fourth-order valence-corrected chi connectivity index (χ4v) is 25.9. The van der Waals surface area contributed by atoms with Crippen molar-refractivity contribution in [1.29, 1.82) is 0 Å². The van der Waals surface area contributed by atoms with Gasteiger partial charge >= 0.3 is 5.97 Å². The summed E-state index contributed by atoms with van der Waals surface area (Å²) in [5.74, 6) is -0.0303. The van der Waals surface area contributed by atoms with E-state index in [1.54, 1.807) is 255 Å². The maximum atomic E-state index is 16.8. The van der Waals surface area contributed by atoms with Crippen molar-refractivity contribution in [2.75, 3.05) is 7.11 Å². The zero-order valence-corrected chi connectivity index (χ0v) is 38.2. The van der Waals surface area contributed by atoms with Crippen molar-refractivity contribution in [3.05, 3.63) is 33.4 Å². The van der Waals surface area contributed by atoms with Crippen molar-refractivity contribution >= 4 is 294 Å². The second-order valence-electron chi connectivity index (χ2n) is 27.0. The van der Waals surface area contributed by atoms with Crippen LogP contribution in [-0.2, 0) is 20.4 Å². The predicted octanol–water partition coefficient (Wildman–Crippen LogP) is 17.9. The van der Waals surface area contributed by atoms with Gasteiger partial charge in [0, 0.05) is 13.5 Å². The fourth-order valence-electron chi connectivity index (χ4n) is 24.8. The van der Waals surface area contributed by atoms with Gasteiger partial charge in [0.25, 0.3) is 0 Å². The molecule has 0 fully saturated rings. The highest BCUT2D eigenvalue weighted by Gasteiger charge is 2.69. The molecule has 2 atom stereocenters.